The van der Waals surface area contributed by atoms with Gasteiger partial charge in [0.1, 0.15) is 24.4 Å². The number of amides is 3. The van der Waals surface area contributed by atoms with Gasteiger partial charge in [-0.3, -0.25) is 28.0 Å². The molecular weight excluding hydrogens is 871 g/mol. The lowest BCUT2D eigenvalue weighted by molar-refractivity contribution is -0.181. The molecule has 3 amide bonds. The van der Waals surface area contributed by atoms with Gasteiger partial charge in [0.15, 0.2) is 0 Å². The highest BCUT2D eigenvalue weighted by Gasteiger charge is 2.55. The van der Waals surface area contributed by atoms with Crippen molar-refractivity contribution in [2.45, 2.75) is 204 Å². The Bertz CT molecular complexity index is 1570. The van der Waals surface area contributed by atoms with Crippen molar-refractivity contribution in [2.24, 2.45) is 0 Å². The zero-order valence-electron chi connectivity index (χ0n) is 35.3. The van der Waals surface area contributed by atoms with Crippen LogP contribution in [0.25, 0.3) is 0 Å². The van der Waals surface area contributed by atoms with Crippen molar-refractivity contribution in [1.82, 2.24) is 16.0 Å². The van der Waals surface area contributed by atoms with Crippen LogP contribution < -0.4 is 16.0 Å². The van der Waals surface area contributed by atoms with Crippen molar-refractivity contribution in [3.05, 3.63) is 0 Å². The molecule has 0 bridgehead atoms. The summed E-state index contributed by atoms with van der Waals surface area (Å²) in [6.07, 6.45) is 13.4. The molecule has 0 saturated carbocycles. The van der Waals surface area contributed by atoms with E-state index >= 15 is 0 Å². The molecular formula is C37H71N3O16S4. The first-order chi connectivity index (χ1) is 28.2. The van der Waals surface area contributed by atoms with Crippen molar-refractivity contribution in [3.8, 4) is 0 Å². The second kappa shape index (κ2) is 30.4. The molecule has 0 spiro atoms. The summed E-state index contributed by atoms with van der Waals surface area (Å²) in [4.78, 5) is 39.7. The van der Waals surface area contributed by atoms with Gasteiger partial charge < -0.3 is 20.7 Å². The molecule has 1 aliphatic heterocycles. The van der Waals surface area contributed by atoms with Crippen LogP contribution in [0.4, 0.5) is 0 Å². The Hall–Kier alpha value is -1.67. The Morgan fingerprint density at radius 1 is 0.650 bits per heavy atom. The zero-order valence-corrected chi connectivity index (χ0v) is 38.7. The maximum absolute atomic E-state index is 13.9. The minimum absolute atomic E-state index is 0.0170. The molecule has 1 rings (SSSR count). The van der Waals surface area contributed by atoms with Gasteiger partial charge in [0, 0.05) is 19.9 Å². The summed E-state index contributed by atoms with van der Waals surface area (Å²) in [5.41, 5.74) is 0. The quantitative estimate of drug-likeness (QED) is 0.0251. The molecule has 60 heavy (non-hydrogen) atoms. The van der Waals surface area contributed by atoms with Crippen LogP contribution in [0, 0.1) is 0 Å². The van der Waals surface area contributed by atoms with Crippen molar-refractivity contribution in [3.63, 3.8) is 0 Å². The molecule has 6 N–H and O–H groups in total. The van der Waals surface area contributed by atoms with Crippen molar-refractivity contribution in [2.75, 3.05) is 13.2 Å². The lowest BCUT2D eigenvalue weighted by Gasteiger charge is -2.47. The van der Waals surface area contributed by atoms with E-state index in [1.54, 1.807) is 0 Å². The third-order valence-corrected chi connectivity index (χ3v) is 12.0. The Morgan fingerprint density at radius 2 is 1.08 bits per heavy atom. The molecule has 1 heterocycles. The Labute approximate surface area is 363 Å². The van der Waals surface area contributed by atoms with Gasteiger partial charge in [-0.25, -0.2) is 12.5 Å². The first-order valence-electron chi connectivity index (χ1n) is 21.3. The van der Waals surface area contributed by atoms with E-state index in [2.05, 4.69) is 50.8 Å². The van der Waals surface area contributed by atoms with E-state index in [0.717, 1.165) is 77.6 Å². The van der Waals surface area contributed by atoms with E-state index < -0.39 is 97.3 Å². The van der Waals surface area contributed by atoms with Crippen molar-refractivity contribution >= 4 is 61.5 Å². The van der Waals surface area contributed by atoms with E-state index in [1.807, 2.05) is 0 Å². The van der Waals surface area contributed by atoms with Gasteiger partial charge >= 0.3 is 31.2 Å². The average molecular weight is 942 g/mol. The molecule has 354 valence electrons. The molecule has 1 unspecified atom stereocenters. The topological polar surface area (TPSA) is 287 Å². The van der Waals surface area contributed by atoms with Crippen LogP contribution in [0.3, 0.4) is 0 Å². The fourth-order valence-electron chi connectivity index (χ4n) is 7.08. The maximum atomic E-state index is 13.9. The second-order valence-electron chi connectivity index (χ2n) is 15.3. The first kappa shape index (κ1) is 56.3. The van der Waals surface area contributed by atoms with Gasteiger partial charge in [-0.05, 0) is 12.8 Å². The van der Waals surface area contributed by atoms with Gasteiger partial charge in [0.25, 0.3) is 0 Å². The van der Waals surface area contributed by atoms with Crippen LogP contribution >= 0.6 is 12.6 Å². The van der Waals surface area contributed by atoms with E-state index in [-0.39, 0.29) is 13.0 Å². The Kier molecular flexibility index (Phi) is 28.6. The number of nitrogens with one attached hydrogen (secondary N) is 3. The van der Waals surface area contributed by atoms with Crippen LogP contribution in [-0.2, 0) is 62.9 Å². The lowest BCUT2D eigenvalue weighted by Crippen LogP contribution is -2.70. The smallest absolute Gasteiger partial charge is 0.366 e. The van der Waals surface area contributed by atoms with Crippen LogP contribution in [0.1, 0.15) is 162 Å². The minimum atomic E-state index is -5.55. The summed E-state index contributed by atoms with van der Waals surface area (Å²) < 4.78 is 119. The minimum Gasteiger partial charge on any atom is -0.366 e. The fraction of sp³-hybridized carbons (Fsp3) is 0.919. The maximum Gasteiger partial charge on any atom is 0.397 e. The third kappa shape index (κ3) is 26.7. The van der Waals surface area contributed by atoms with E-state index in [1.165, 1.54) is 51.4 Å². The highest BCUT2D eigenvalue weighted by molar-refractivity contribution is 7.81. The number of hydrogen-bond acceptors (Lipinski definition) is 14. The highest BCUT2D eigenvalue weighted by atomic mass is 32.3. The van der Waals surface area contributed by atoms with E-state index in [4.69, 9.17) is 8.92 Å². The normalized spacial score (nSPS) is 20.9. The van der Waals surface area contributed by atoms with Gasteiger partial charge in [0.05, 0.1) is 24.0 Å². The number of ether oxygens (including phenoxy) is 1. The molecule has 1 aliphatic rings. The highest BCUT2D eigenvalue weighted by Crippen LogP contribution is 2.33. The fourth-order valence-corrected chi connectivity index (χ4v) is 8.88. The number of carbonyl (C=O) groups excluding carboxylic acids is 3. The lowest BCUT2D eigenvalue weighted by atomic mass is 9.88. The molecule has 1 saturated heterocycles. The summed E-state index contributed by atoms with van der Waals surface area (Å²) in [5.74, 6) is -2.21. The molecule has 23 heteroatoms. The first-order valence-corrected chi connectivity index (χ1v) is 25.9. The summed E-state index contributed by atoms with van der Waals surface area (Å²) in [7, 11) is -16.4. The average Bonchev–Trinajstić information content (AvgIpc) is 3.14. The molecule has 1 fully saturated rings. The molecule has 0 radical (unpaired) electrons. The number of rotatable bonds is 35. The summed E-state index contributed by atoms with van der Waals surface area (Å²) in [6, 6.07) is -3.46. The number of hydrogen-bond donors (Lipinski definition) is 7. The third-order valence-electron chi connectivity index (χ3n) is 10.1. The SMILES string of the molecule is CCCCCCCCCCCCCCNC(=O)[C@@H](NC(=O)CCCCCCCCCCC)C(S)[C@@H]1O[C@H](COS(=O)(=O)O)[C@H](OS(=O)(=O)O)[C@H](OS(=O)(=O)O)[C@H]1NC(C)=O. The molecule has 0 aromatic heterocycles. The number of thiol groups is 1. The Morgan fingerprint density at radius 3 is 1.52 bits per heavy atom. The van der Waals surface area contributed by atoms with Gasteiger partial charge in [-0.1, -0.05) is 136 Å². The molecule has 0 aromatic rings. The Balaban J connectivity index is 3.29. The molecule has 7 atom stereocenters. The molecule has 0 aromatic carbocycles. The predicted octanol–water partition coefficient (Wildman–Crippen LogP) is 4.98. The monoisotopic (exact) mass is 941 g/mol. The van der Waals surface area contributed by atoms with Crippen LogP contribution in [0.2, 0.25) is 0 Å². The summed E-state index contributed by atoms with van der Waals surface area (Å²) in [6.45, 7) is 4.19. The van der Waals surface area contributed by atoms with Crippen molar-refractivity contribution in [1.29, 1.82) is 0 Å². The zero-order chi connectivity index (χ0) is 45.2. The van der Waals surface area contributed by atoms with Gasteiger partial charge in [-0.15, -0.1) is 0 Å². The van der Waals surface area contributed by atoms with Gasteiger partial charge in [-0.2, -0.15) is 37.9 Å². The number of carbonyl (C=O) groups is 3. The summed E-state index contributed by atoms with van der Waals surface area (Å²) >= 11 is 4.58. The standard InChI is InChI=1S/C37H71N3O16S4/c1-4-6-8-10-12-14-15-16-18-20-22-24-26-38-37(43)32(40-30(42)25-23-21-19-17-13-11-9-7-5-2)36(57)35-31(39-28(3)41)34(56-60(50,51)52)33(55-59(47,48)49)29(54-35)27-53-58(44,45)46/h29,31-36,57H,4-27H2,1-3H3,(H,38,43)(H,39,41)(H,40,42)(H,44,45,46)(H,47,48,49)(H,50,51,52)/t29-,31-,32+,33+,34-,35-,36?/m1/s1. The van der Waals surface area contributed by atoms with Crippen LogP contribution in [0.5, 0.6) is 0 Å². The summed E-state index contributed by atoms with van der Waals surface area (Å²) in [5, 5.41) is 6.12. The molecule has 0 aliphatic carbocycles. The largest absolute Gasteiger partial charge is 0.397 e. The predicted molar refractivity (Wildman–Crippen MR) is 227 cm³/mol. The number of unbranched alkanes of at least 4 members (excludes halogenated alkanes) is 19. The molecule has 19 nitrogen and oxygen atoms in total. The van der Waals surface area contributed by atoms with Gasteiger partial charge in [0.2, 0.25) is 17.7 Å². The van der Waals surface area contributed by atoms with E-state index in [9.17, 15) is 53.3 Å². The second-order valence-corrected chi connectivity index (χ2v) is 19.1. The van der Waals surface area contributed by atoms with E-state index in [0.29, 0.717) is 12.8 Å². The van der Waals surface area contributed by atoms with Crippen molar-refractivity contribution < 1.29 is 70.6 Å². The van der Waals surface area contributed by atoms with Crippen LogP contribution in [0.15, 0.2) is 0 Å². The van der Waals surface area contributed by atoms with Crippen LogP contribution in [-0.4, -0.2) is 112 Å².